The van der Waals surface area contributed by atoms with E-state index in [1.807, 2.05) is 11.9 Å². The molecule has 13 heavy (non-hydrogen) atoms. The summed E-state index contributed by atoms with van der Waals surface area (Å²) in [6.45, 7) is 2.98. The maximum atomic E-state index is 4.19. The van der Waals surface area contributed by atoms with Crippen molar-refractivity contribution in [1.29, 1.82) is 0 Å². The molecule has 0 amide bonds. The van der Waals surface area contributed by atoms with E-state index < -0.39 is 0 Å². The number of aromatic nitrogens is 4. The van der Waals surface area contributed by atoms with Gasteiger partial charge in [-0.3, -0.25) is 0 Å². The van der Waals surface area contributed by atoms with Crippen LogP contribution >= 0.6 is 0 Å². The van der Waals surface area contributed by atoms with Crippen molar-refractivity contribution in [1.82, 2.24) is 19.9 Å². The molecule has 2 heterocycles. The highest BCUT2D eigenvalue weighted by Gasteiger charge is 2.07. The molecule has 0 bridgehead atoms. The van der Waals surface area contributed by atoms with Crippen molar-refractivity contribution in [3.8, 4) is 0 Å². The Morgan fingerprint density at radius 2 is 2.23 bits per heavy atom. The van der Waals surface area contributed by atoms with E-state index in [2.05, 4.69) is 26.9 Å². The summed E-state index contributed by atoms with van der Waals surface area (Å²) in [5.41, 5.74) is 1.61. The van der Waals surface area contributed by atoms with Crippen molar-refractivity contribution >= 4 is 17.0 Å². The van der Waals surface area contributed by atoms with E-state index in [1.165, 1.54) is 6.33 Å². The highest BCUT2D eigenvalue weighted by molar-refractivity contribution is 5.82. The molecular weight excluding hydrogens is 166 g/mol. The third-order valence-electron chi connectivity index (χ3n) is 2.04. The number of rotatable bonds is 2. The van der Waals surface area contributed by atoms with E-state index in [1.54, 1.807) is 6.33 Å². The SMILES string of the molecule is CCN(C)c1ncnc2nc[nH]c12. The Labute approximate surface area is 75.8 Å². The minimum Gasteiger partial charge on any atom is -0.358 e. The fraction of sp³-hybridized carbons (Fsp3) is 0.375. The molecule has 2 aromatic heterocycles. The topological polar surface area (TPSA) is 57.7 Å². The van der Waals surface area contributed by atoms with Gasteiger partial charge in [0.2, 0.25) is 0 Å². The molecule has 0 unspecified atom stereocenters. The molecule has 0 aliphatic heterocycles. The van der Waals surface area contributed by atoms with Crippen LogP contribution in [0.3, 0.4) is 0 Å². The van der Waals surface area contributed by atoms with E-state index in [9.17, 15) is 0 Å². The van der Waals surface area contributed by atoms with E-state index in [4.69, 9.17) is 0 Å². The van der Waals surface area contributed by atoms with Crippen LogP contribution in [0.1, 0.15) is 6.92 Å². The van der Waals surface area contributed by atoms with E-state index in [-0.39, 0.29) is 0 Å². The third-order valence-corrected chi connectivity index (χ3v) is 2.04. The van der Waals surface area contributed by atoms with Crippen molar-refractivity contribution < 1.29 is 0 Å². The third kappa shape index (κ3) is 1.22. The Balaban J connectivity index is 2.60. The molecule has 2 aromatic rings. The molecule has 0 radical (unpaired) electrons. The molecule has 2 rings (SSSR count). The number of nitrogens with zero attached hydrogens (tertiary/aromatic N) is 4. The molecule has 0 spiro atoms. The van der Waals surface area contributed by atoms with Gasteiger partial charge >= 0.3 is 0 Å². The van der Waals surface area contributed by atoms with Gasteiger partial charge in [-0.25, -0.2) is 15.0 Å². The molecule has 5 nitrogen and oxygen atoms in total. The second-order valence-corrected chi connectivity index (χ2v) is 2.81. The molecule has 0 aliphatic carbocycles. The largest absolute Gasteiger partial charge is 0.358 e. The lowest BCUT2D eigenvalue weighted by Gasteiger charge is -2.14. The smallest absolute Gasteiger partial charge is 0.182 e. The Morgan fingerprint density at radius 1 is 1.38 bits per heavy atom. The number of H-pyrrole nitrogens is 1. The number of fused-ring (bicyclic) bond motifs is 1. The van der Waals surface area contributed by atoms with Crippen molar-refractivity contribution in [3.63, 3.8) is 0 Å². The number of hydrogen-bond acceptors (Lipinski definition) is 4. The second kappa shape index (κ2) is 3.01. The van der Waals surface area contributed by atoms with Gasteiger partial charge in [0, 0.05) is 13.6 Å². The second-order valence-electron chi connectivity index (χ2n) is 2.81. The zero-order chi connectivity index (χ0) is 9.26. The molecule has 68 valence electrons. The van der Waals surface area contributed by atoms with Gasteiger partial charge in [0.15, 0.2) is 11.5 Å². The number of aromatic amines is 1. The van der Waals surface area contributed by atoms with Gasteiger partial charge in [-0.1, -0.05) is 0 Å². The predicted octanol–water partition coefficient (Wildman–Crippen LogP) is 0.809. The average Bonchev–Trinajstić information content (AvgIpc) is 2.63. The minimum absolute atomic E-state index is 0.713. The quantitative estimate of drug-likeness (QED) is 0.737. The first-order valence-electron chi connectivity index (χ1n) is 4.18. The van der Waals surface area contributed by atoms with Gasteiger partial charge in [-0.2, -0.15) is 0 Å². The normalized spacial score (nSPS) is 10.6. The van der Waals surface area contributed by atoms with Crippen LogP contribution in [-0.2, 0) is 0 Å². The predicted molar refractivity (Wildman–Crippen MR) is 50.6 cm³/mol. The average molecular weight is 177 g/mol. The van der Waals surface area contributed by atoms with Crippen molar-refractivity contribution in [2.24, 2.45) is 0 Å². The Hall–Kier alpha value is -1.65. The molecule has 5 heteroatoms. The van der Waals surface area contributed by atoms with Crippen LogP contribution in [0.15, 0.2) is 12.7 Å². The summed E-state index contributed by atoms with van der Waals surface area (Å²) in [7, 11) is 1.99. The summed E-state index contributed by atoms with van der Waals surface area (Å²) in [4.78, 5) is 17.4. The number of hydrogen-bond donors (Lipinski definition) is 1. The Bertz CT molecular complexity index is 408. The Morgan fingerprint density at radius 3 is 3.00 bits per heavy atom. The fourth-order valence-corrected chi connectivity index (χ4v) is 1.19. The minimum atomic E-state index is 0.713. The van der Waals surface area contributed by atoms with Crippen LogP contribution in [0.5, 0.6) is 0 Å². The first-order valence-corrected chi connectivity index (χ1v) is 4.18. The zero-order valence-electron chi connectivity index (χ0n) is 7.65. The van der Waals surface area contributed by atoms with Crippen molar-refractivity contribution in [2.45, 2.75) is 6.92 Å². The molecule has 0 saturated heterocycles. The maximum absolute atomic E-state index is 4.19. The number of imidazole rings is 1. The van der Waals surface area contributed by atoms with Gasteiger partial charge in [0.25, 0.3) is 0 Å². The van der Waals surface area contributed by atoms with Crippen LogP contribution in [0.25, 0.3) is 11.2 Å². The number of nitrogens with one attached hydrogen (secondary N) is 1. The van der Waals surface area contributed by atoms with Gasteiger partial charge < -0.3 is 9.88 Å². The molecular formula is C8H11N5. The maximum Gasteiger partial charge on any atom is 0.182 e. The molecule has 0 saturated carbocycles. The van der Waals surface area contributed by atoms with Crippen LogP contribution in [-0.4, -0.2) is 33.5 Å². The van der Waals surface area contributed by atoms with Gasteiger partial charge in [-0.15, -0.1) is 0 Å². The number of anilines is 1. The van der Waals surface area contributed by atoms with Crippen molar-refractivity contribution in [3.05, 3.63) is 12.7 Å². The highest BCUT2D eigenvalue weighted by Crippen LogP contribution is 2.17. The van der Waals surface area contributed by atoms with Gasteiger partial charge in [0.1, 0.15) is 11.8 Å². The van der Waals surface area contributed by atoms with E-state index in [0.717, 1.165) is 17.9 Å². The highest BCUT2D eigenvalue weighted by atomic mass is 15.2. The summed E-state index contributed by atoms with van der Waals surface area (Å²) in [5.74, 6) is 0.894. The van der Waals surface area contributed by atoms with Crippen LogP contribution in [0.2, 0.25) is 0 Å². The summed E-state index contributed by atoms with van der Waals surface area (Å²) >= 11 is 0. The lowest BCUT2D eigenvalue weighted by atomic mass is 10.4. The van der Waals surface area contributed by atoms with Crippen molar-refractivity contribution in [2.75, 3.05) is 18.5 Å². The molecule has 1 N–H and O–H groups in total. The van der Waals surface area contributed by atoms with Crippen LogP contribution in [0, 0.1) is 0 Å². The zero-order valence-corrected chi connectivity index (χ0v) is 7.65. The summed E-state index contributed by atoms with van der Waals surface area (Å²) < 4.78 is 0. The lowest BCUT2D eigenvalue weighted by Crippen LogP contribution is -2.17. The van der Waals surface area contributed by atoms with Gasteiger partial charge in [0.05, 0.1) is 6.33 Å². The summed E-state index contributed by atoms with van der Waals surface area (Å²) in [6.07, 6.45) is 3.16. The van der Waals surface area contributed by atoms with E-state index in [0.29, 0.717) is 5.65 Å². The van der Waals surface area contributed by atoms with Crippen LogP contribution in [0.4, 0.5) is 5.82 Å². The first kappa shape index (κ1) is 7.97. The molecule has 0 fully saturated rings. The Kier molecular flexibility index (Phi) is 1.84. The standard InChI is InChI=1S/C8H11N5/c1-3-13(2)8-6-7(10-4-9-6)11-5-12-8/h4-5H,3H2,1-2H3,(H,9,10,11,12). The summed E-state index contributed by atoms with van der Waals surface area (Å²) in [6, 6.07) is 0. The summed E-state index contributed by atoms with van der Waals surface area (Å²) in [5, 5.41) is 0. The monoisotopic (exact) mass is 177 g/mol. The first-order chi connectivity index (χ1) is 6.33. The molecule has 0 atom stereocenters. The fourth-order valence-electron chi connectivity index (χ4n) is 1.19. The molecule has 0 aliphatic rings. The van der Waals surface area contributed by atoms with Gasteiger partial charge in [-0.05, 0) is 6.92 Å². The van der Waals surface area contributed by atoms with E-state index >= 15 is 0 Å². The molecule has 0 aromatic carbocycles. The lowest BCUT2D eigenvalue weighted by molar-refractivity contribution is 0.937. The van der Waals surface area contributed by atoms with Crippen LogP contribution < -0.4 is 4.90 Å².